The number of aromatic carboxylic acids is 1. The Morgan fingerprint density at radius 1 is 1.00 bits per heavy atom. The summed E-state index contributed by atoms with van der Waals surface area (Å²) in [6.45, 7) is 1.32. The predicted octanol–water partition coefficient (Wildman–Crippen LogP) is 4.46. The van der Waals surface area contributed by atoms with Crippen LogP contribution in [0.25, 0.3) is 0 Å². The topological polar surface area (TPSA) is 69.6 Å². The Morgan fingerprint density at radius 2 is 1.69 bits per heavy atom. The predicted molar refractivity (Wildman–Crippen MR) is 105 cm³/mol. The van der Waals surface area contributed by atoms with Gasteiger partial charge in [-0.15, -0.1) is 0 Å². The molecule has 0 radical (unpaired) electrons. The van der Waals surface area contributed by atoms with E-state index in [9.17, 15) is 15.0 Å². The first kappa shape index (κ1) is 20.4. The van der Waals surface area contributed by atoms with Crippen molar-refractivity contribution in [2.45, 2.75) is 38.2 Å². The number of benzene rings is 2. The smallest absolute Gasteiger partial charge is 0.335 e. The molecule has 0 saturated heterocycles. The number of carboxylic acids is 1. The normalized spacial score (nSPS) is 12.1. The van der Waals surface area contributed by atoms with Crippen LogP contribution in [0.5, 0.6) is 0 Å². The second-order valence-corrected chi connectivity index (χ2v) is 6.78. The highest BCUT2D eigenvalue weighted by atomic mass is 35.5. The van der Waals surface area contributed by atoms with E-state index < -0.39 is 12.1 Å². The number of rotatable bonds is 11. The van der Waals surface area contributed by atoms with Gasteiger partial charge in [-0.05, 0) is 43.5 Å². The molecule has 2 aromatic carbocycles. The number of carboxylic acid groups (broad SMARTS) is 1. The molecule has 4 nitrogen and oxygen atoms in total. The van der Waals surface area contributed by atoms with Gasteiger partial charge < -0.3 is 15.5 Å². The van der Waals surface area contributed by atoms with Crippen LogP contribution in [0.1, 0.15) is 53.3 Å². The largest absolute Gasteiger partial charge is 0.478 e. The standard InChI is InChI=1S/C21H26ClNO3/c22-19-13-7-6-12-18(19)20(24)15-23-14-8-2-1-3-9-16-10-4-5-11-17(16)21(25)26/h4-7,10-13,20,23-24H,1-3,8-9,14-15H2,(H,25,26). The van der Waals surface area contributed by atoms with E-state index in [4.69, 9.17) is 11.6 Å². The Kier molecular flexibility index (Phi) is 8.62. The third-order valence-electron chi connectivity index (χ3n) is 4.40. The van der Waals surface area contributed by atoms with Gasteiger partial charge >= 0.3 is 5.97 Å². The lowest BCUT2D eigenvalue weighted by molar-refractivity contribution is 0.0695. The van der Waals surface area contributed by atoms with Crippen LogP contribution in [0.15, 0.2) is 48.5 Å². The van der Waals surface area contributed by atoms with Crippen molar-refractivity contribution in [3.8, 4) is 0 Å². The summed E-state index contributed by atoms with van der Waals surface area (Å²) in [6, 6.07) is 14.5. The molecule has 140 valence electrons. The lowest BCUT2D eigenvalue weighted by Crippen LogP contribution is -2.22. The lowest BCUT2D eigenvalue weighted by atomic mass is 10.0. The molecule has 0 spiro atoms. The molecule has 2 aromatic rings. The third kappa shape index (κ3) is 6.45. The Balaban J connectivity index is 1.58. The number of unbranched alkanes of at least 4 members (excludes halogenated alkanes) is 3. The summed E-state index contributed by atoms with van der Waals surface area (Å²) < 4.78 is 0. The van der Waals surface area contributed by atoms with E-state index in [1.807, 2.05) is 30.3 Å². The first-order valence-corrected chi connectivity index (χ1v) is 9.42. The van der Waals surface area contributed by atoms with E-state index in [1.165, 1.54) is 0 Å². The minimum atomic E-state index is -0.859. The fraction of sp³-hybridized carbons (Fsp3) is 0.381. The van der Waals surface area contributed by atoms with Crippen LogP contribution in [0, 0.1) is 0 Å². The molecule has 26 heavy (non-hydrogen) atoms. The van der Waals surface area contributed by atoms with Crippen molar-refractivity contribution in [1.82, 2.24) is 5.32 Å². The van der Waals surface area contributed by atoms with Gasteiger partial charge in [0.25, 0.3) is 0 Å². The van der Waals surface area contributed by atoms with Gasteiger partial charge in [-0.3, -0.25) is 0 Å². The number of carbonyl (C=O) groups is 1. The zero-order valence-electron chi connectivity index (χ0n) is 14.8. The molecule has 0 aliphatic carbocycles. The van der Waals surface area contributed by atoms with Crippen molar-refractivity contribution < 1.29 is 15.0 Å². The van der Waals surface area contributed by atoms with Crippen LogP contribution in [-0.4, -0.2) is 29.3 Å². The fourth-order valence-corrected chi connectivity index (χ4v) is 3.22. The molecule has 0 aliphatic rings. The highest BCUT2D eigenvalue weighted by Gasteiger charge is 2.10. The summed E-state index contributed by atoms with van der Waals surface area (Å²) in [5.41, 5.74) is 2.06. The maximum atomic E-state index is 11.2. The summed E-state index contributed by atoms with van der Waals surface area (Å²) in [5.74, 6) is -0.859. The van der Waals surface area contributed by atoms with E-state index in [0.717, 1.165) is 49.8 Å². The van der Waals surface area contributed by atoms with Crippen LogP contribution < -0.4 is 5.32 Å². The molecular weight excluding hydrogens is 350 g/mol. The quantitative estimate of drug-likeness (QED) is 0.507. The molecule has 1 atom stereocenters. The molecule has 0 saturated carbocycles. The molecule has 5 heteroatoms. The average molecular weight is 376 g/mol. The highest BCUT2D eigenvalue weighted by molar-refractivity contribution is 6.31. The molecule has 0 fully saturated rings. The molecule has 2 rings (SSSR count). The van der Waals surface area contributed by atoms with Crippen molar-refractivity contribution in [2.75, 3.05) is 13.1 Å². The van der Waals surface area contributed by atoms with Gasteiger partial charge in [0.05, 0.1) is 11.7 Å². The minimum Gasteiger partial charge on any atom is -0.478 e. The molecule has 1 unspecified atom stereocenters. The Morgan fingerprint density at radius 3 is 2.46 bits per heavy atom. The molecule has 0 heterocycles. The summed E-state index contributed by atoms with van der Waals surface area (Å²) in [7, 11) is 0. The number of hydrogen-bond donors (Lipinski definition) is 3. The first-order valence-electron chi connectivity index (χ1n) is 9.04. The summed E-state index contributed by atoms with van der Waals surface area (Å²) >= 11 is 6.07. The molecule has 0 amide bonds. The van der Waals surface area contributed by atoms with Gasteiger partial charge in [-0.1, -0.05) is 60.8 Å². The van der Waals surface area contributed by atoms with Crippen LogP contribution in [0.4, 0.5) is 0 Å². The van der Waals surface area contributed by atoms with Crippen LogP contribution in [-0.2, 0) is 6.42 Å². The van der Waals surface area contributed by atoms with Crippen molar-refractivity contribution in [1.29, 1.82) is 0 Å². The highest BCUT2D eigenvalue weighted by Crippen LogP contribution is 2.21. The third-order valence-corrected chi connectivity index (χ3v) is 4.74. The van der Waals surface area contributed by atoms with Gasteiger partial charge in [-0.25, -0.2) is 4.79 Å². The number of hydrogen-bond acceptors (Lipinski definition) is 3. The second kappa shape index (κ2) is 11.0. The Labute approximate surface area is 159 Å². The van der Waals surface area contributed by atoms with Gasteiger partial charge in [0, 0.05) is 17.1 Å². The first-order chi connectivity index (χ1) is 12.6. The lowest BCUT2D eigenvalue weighted by Gasteiger charge is -2.13. The van der Waals surface area contributed by atoms with Crippen LogP contribution in [0.3, 0.4) is 0 Å². The van der Waals surface area contributed by atoms with Crippen LogP contribution in [0.2, 0.25) is 5.02 Å². The minimum absolute atomic E-state index is 0.405. The molecular formula is C21H26ClNO3. The molecule has 0 aromatic heterocycles. The number of halogens is 1. The maximum Gasteiger partial charge on any atom is 0.335 e. The number of nitrogens with one attached hydrogen (secondary N) is 1. The van der Waals surface area contributed by atoms with E-state index >= 15 is 0 Å². The monoisotopic (exact) mass is 375 g/mol. The SMILES string of the molecule is O=C(O)c1ccccc1CCCCCCNCC(O)c1ccccc1Cl. The van der Waals surface area contributed by atoms with E-state index in [-0.39, 0.29) is 0 Å². The maximum absolute atomic E-state index is 11.2. The summed E-state index contributed by atoms with van der Waals surface area (Å²) in [4.78, 5) is 11.2. The number of aliphatic hydroxyl groups excluding tert-OH is 1. The van der Waals surface area contributed by atoms with E-state index in [0.29, 0.717) is 17.1 Å². The second-order valence-electron chi connectivity index (χ2n) is 6.37. The van der Waals surface area contributed by atoms with Crippen molar-refractivity contribution >= 4 is 17.6 Å². The fourth-order valence-electron chi connectivity index (χ4n) is 2.96. The Bertz CT molecular complexity index is 705. The van der Waals surface area contributed by atoms with E-state index in [1.54, 1.807) is 18.2 Å². The van der Waals surface area contributed by atoms with Crippen LogP contribution >= 0.6 is 11.6 Å². The summed E-state index contributed by atoms with van der Waals surface area (Å²) in [5, 5.41) is 23.2. The summed E-state index contributed by atoms with van der Waals surface area (Å²) in [6.07, 6.45) is 4.33. The van der Waals surface area contributed by atoms with Gasteiger partial charge in [-0.2, -0.15) is 0 Å². The van der Waals surface area contributed by atoms with Gasteiger partial charge in [0.1, 0.15) is 0 Å². The molecule has 0 bridgehead atoms. The number of aryl methyl sites for hydroxylation is 1. The number of aliphatic hydroxyl groups is 1. The van der Waals surface area contributed by atoms with Crippen molar-refractivity contribution in [2.24, 2.45) is 0 Å². The zero-order valence-corrected chi connectivity index (χ0v) is 15.6. The van der Waals surface area contributed by atoms with Crippen molar-refractivity contribution in [3.05, 3.63) is 70.2 Å². The van der Waals surface area contributed by atoms with Gasteiger partial charge in [0.15, 0.2) is 0 Å². The van der Waals surface area contributed by atoms with Crippen molar-refractivity contribution in [3.63, 3.8) is 0 Å². The Hall–Kier alpha value is -1.88. The molecule has 3 N–H and O–H groups in total. The zero-order chi connectivity index (χ0) is 18.8. The van der Waals surface area contributed by atoms with E-state index in [2.05, 4.69) is 5.32 Å². The molecule has 0 aliphatic heterocycles. The average Bonchev–Trinajstić information content (AvgIpc) is 2.64. The van der Waals surface area contributed by atoms with Gasteiger partial charge in [0.2, 0.25) is 0 Å².